The molecule has 0 N–H and O–H groups in total. The molecule has 1 saturated heterocycles. The summed E-state index contributed by atoms with van der Waals surface area (Å²) in [5.74, 6) is 0. The normalized spacial score (nSPS) is 29.2. The quantitative estimate of drug-likeness (QED) is 0.457. The standard InChI is InChI=1S/C5H12OSi.V/c7-5-3-1-2-4-6-5;/h5H,1-4H2,7H3;. The Kier molecular flexibility index (Phi) is 5.06. The van der Waals surface area contributed by atoms with Crippen molar-refractivity contribution in [1.29, 1.82) is 0 Å². The van der Waals surface area contributed by atoms with Crippen LogP contribution in [0.3, 0.4) is 0 Å². The zero-order valence-electron chi connectivity index (χ0n) is 5.26. The van der Waals surface area contributed by atoms with Gasteiger partial charge in [-0.25, -0.2) is 0 Å². The van der Waals surface area contributed by atoms with Crippen LogP contribution in [0.25, 0.3) is 0 Å². The number of hydrogen-bond donors (Lipinski definition) is 0. The van der Waals surface area contributed by atoms with E-state index in [-0.39, 0.29) is 18.6 Å². The summed E-state index contributed by atoms with van der Waals surface area (Å²) >= 11 is 0. The van der Waals surface area contributed by atoms with Crippen LogP contribution >= 0.6 is 0 Å². The molecule has 1 nitrogen and oxygen atoms in total. The molecule has 1 rings (SSSR count). The van der Waals surface area contributed by atoms with E-state index < -0.39 is 0 Å². The zero-order chi connectivity index (χ0) is 5.11. The van der Waals surface area contributed by atoms with E-state index in [0.29, 0.717) is 5.73 Å². The molecule has 0 spiro atoms. The fraction of sp³-hybridized carbons (Fsp3) is 1.00. The van der Waals surface area contributed by atoms with Crippen molar-refractivity contribution in [1.82, 2.24) is 0 Å². The third kappa shape index (κ3) is 2.92. The van der Waals surface area contributed by atoms with Gasteiger partial charge in [0.2, 0.25) is 0 Å². The number of ether oxygens (including phenoxy) is 1. The fourth-order valence-electron chi connectivity index (χ4n) is 0.902. The maximum atomic E-state index is 5.34. The summed E-state index contributed by atoms with van der Waals surface area (Å²) in [5.41, 5.74) is 0.675. The summed E-state index contributed by atoms with van der Waals surface area (Å²) in [7, 11) is 1.23. The van der Waals surface area contributed by atoms with Gasteiger partial charge >= 0.3 is 0 Å². The molecular formula is C5H12OSiV. The van der Waals surface area contributed by atoms with Gasteiger partial charge in [0.05, 0.1) is 0 Å². The molecule has 47 valence electrons. The minimum atomic E-state index is 0. The first-order chi connectivity index (χ1) is 3.39. The van der Waals surface area contributed by atoms with E-state index in [1.54, 1.807) is 0 Å². The van der Waals surface area contributed by atoms with E-state index in [2.05, 4.69) is 0 Å². The minimum absolute atomic E-state index is 0. The largest absolute Gasteiger partial charge is 0.383 e. The van der Waals surface area contributed by atoms with Crippen LogP contribution in [-0.4, -0.2) is 22.6 Å². The topological polar surface area (TPSA) is 9.23 Å². The Bertz CT molecular complexity index is 54.4. The van der Waals surface area contributed by atoms with Gasteiger partial charge in [-0.05, 0) is 19.3 Å². The van der Waals surface area contributed by atoms with Crippen molar-refractivity contribution >= 4 is 10.2 Å². The van der Waals surface area contributed by atoms with Crippen LogP contribution in [0.4, 0.5) is 0 Å². The Balaban J connectivity index is 0.000000490. The summed E-state index contributed by atoms with van der Waals surface area (Å²) in [4.78, 5) is 0. The van der Waals surface area contributed by atoms with Gasteiger partial charge in [0.25, 0.3) is 0 Å². The smallest absolute Gasteiger partial charge is 0.0465 e. The molecule has 1 heterocycles. The van der Waals surface area contributed by atoms with Crippen molar-refractivity contribution in [2.75, 3.05) is 6.61 Å². The predicted octanol–water partition coefficient (Wildman–Crippen LogP) is -0.124. The van der Waals surface area contributed by atoms with Gasteiger partial charge in [0, 0.05) is 41.1 Å². The van der Waals surface area contributed by atoms with E-state index in [4.69, 9.17) is 4.74 Å². The third-order valence-corrected chi connectivity index (χ3v) is 2.32. The van der Waals surface area contributed by atoms with E-state index in [9.17, 15) is 0 Å². The number of hydrogen-bond acceptors (Lipinski definition) is 1. The molecular weight excluding hydrogens is 155 g/mol. The summed E-state index contributed by atoms with van der Waals surface area (Å²) in [6.07, 6.45) is 4.01. The van der Waals surface area contributed by atoms with Crippen LogP contribution in [0, 0.1) is 0 Å². The van der Waals surface area contributed by atoms with Gasteiger partial charge in [-0.2, -0.15) is 0 Å². The maximum absolute atomic E-state index is 5.34. The van der Waals surface area contributed by atoms with Crippen molar-refractivity contribution in [2.24, 2.45) is 0 Å². The Morgan fingerprint density at radius 3 is 2.38 bits per heavy atom. The molecule has 0 amide bonds. The van der Waals surface area contributed by atoms with Crippen molar-refractivity contribution < 1.29 is 23.3 Å². The van der Waals surface area contributed by atoms with Crippen LogP contribution in [0.2, 0.25) is 0 Å². The Labute approximate surface area is 65.5 Å². The summed E-state index contributed by atoms with van der Waals surface area (Å²) in [6.45, 7) is 1.02. The van der Waals surface area contributed by atoms with Crippen LogP contribution in [-0.2, 0) is 23.3 Å². The second-order valence-corrected chi connectivity index (χ2v) is 3.47. The number of rotatable bonds is 0. The second-order valence-electron chi connectivity index (χ2n) is 2.18. The maximum Gasteiger partial charge on any atom is 0.0465 e. The van der Waals surface area contributed by atoms with Crippen LogP contribution in [0.15, 0.2) is 0 Å². The van der Waals surface area contributed by atoms with E-state index in [1.165, 1.54) is 29.5 Å². The van der Waals surface area contributed by atoms with Gasteiger partial charge in [-0.1, -0.05) is 0 Å². The molecule has 0 aromatic rings. The van der Waals surface area contributed by atoms with Gasteiger partial charge in [0.1, 0.15) is 0 Å². The molecule has 1 aliphatic heterocycles. The van der Waals surface area contributed by atoms with Gasteiger partial charge in [0.15, 0.2) is 0 Å². The molecule has 0 saturated carbocycles. The van der Waals surface area contributed by atoms with Crippen LogP contribution in [0.5, 0.6) is 0 Å². The SMILES string of the molecule is [SiH3]C1CCCCO1.[V]. The zero-order valence-corrected chi connectivity index (χ0v) is 8.66. The second kappa shape index (κ2) is 4.62. The van der Waals surface area contributed by atoms with Crippen LogP contribution in [0.1, 0.15) is 19.3 Å². The average Bonchev–Trinajstić information content (AvgIpc) is 1.69. The molecule has 3 heteroatoms. The van der Waals surface area contributed by atoms with E-state index in [1.807, 2.05) is 0 Å². The van der Waals surface area contributed by atoms with E-state index >= 15 is 0 Å². The van der Waals surface area contributed by atoms with Gasteiger partial charge < -0.3 is 4.74 Å². The molecule has 0 aromatic carbocycles. The summed E-state index contributed by atoms with van der Waals surface area (Å²) < 4.78 is 5.34. The summed E-state index contributed by atoms with van der Waals surface area (Å²) in [5, 5.41) is 0. The van der Waals surface area contributed by atoms with Gasteiger partial charge in [-0.3, -0.25) is 0 Å². The molecule has 0 bridgehead atoms. The average molecular weight is 167 g/mol. The minimum Gasteiger partial charge on any atom is -0.383 e. The molecule has 1 atom stereocenters. The Hall–Kier alpha value is 0.761. The third-order valence-electron chi connectivity index (χ3n) is 1.41. The molecule has 1 aliphatic rings. The molecule has 8 heavy (non-hydrogen) atoms. The van der Waals surface area contributed by atoms with Crippen molar-refractivity contribution in [3.8, 4) is 0 Å². The van der Waals surface area contributed by atoms with Gasteiger partial charge in [-0.15, -0.1) is 0 Å². The van der Waals surface area contributed by atoms with E-state index in [0.717, 1.165) is 6.61 Å². The fourth-order valence-corrected chi connectivity index (χ4v) is 1.55. The first-order valence-corrected chi connectivity index (χ1v) is 4.16. The molecule has 0 aliphatic carbocycles. The van der Waals surface area contributed by atoms with Crippen molar-refractivity contribution in [3.05, 3.63) is 0 Å². The first-order valence-electron chi connectivity index (χ1n) is 3.01. The predicted molar refractivity (Wildman–Crippen MR) is 33.5 cm³/mol. The van der Waals surface area contributed by atoms with Crippen molar-refractivity contribution in [3.63, 3.8) is 0 Å². The summed E-state index contributed by atoms with van der Waals surface area (Å²) in [6, 6.07) is 0. The molecule has 0 aromatic heterocycles. The molecule has 1 unspecified atom stereocenters. The Morgan fingerprint density at radius 2 is 2.12 bits per heavy atom. The van der Waals surface area contributed by atoms with Crippen molar-refractivity contribution in [2.45, 2.75) is 25.0 Å². The van der Waals surface area contributed by atoms with Crippen LogP contribution < -0.4 is 0 Å². The first kappa shape index (κ1) is 8.76. The Morgan fingerprint density at radius 1 is 1.38 bits per heavy atom. The monoisotopic (exact) mass is 167 g/mol. The molecule has 1 radical (unpaired) electrons. The molecule has 1 fully saturated rings.